The molecule has 1 aliphatic heterocycles. The van der Waals surface area contributed by atoms with Crippen molar-refractivity contribution in [1.82, 2.24) is 9.80 Å². The molecule has 0 saturated carbocycles. The Morgan fingerprint density at radius 1 is 0.617 bits per heavy atom. The number of rotatable bonds is 13. The van der Waals surface area contributed by atoms with Gasteiger partial charge in [0.05, 0.1) is 18.0 Å². The normalized spacial score (nSPS) is 13.1. The number of halogens is 1. The fraction of sp³-hybridized carbons (Fsp3) is 0.636. The summed E-state index contributed by atoms with van der Waals surface area (Å²) in [5, 5.41) is 0.993. The van der Waals surface area contributed by atoms with E-state index in [4.69, 9.17) is 4.74 Å². The van der Waals surface area contributed by atoms with Crippen molar-refractivity contribution in [3.05, 3.63) is 85.7 Å². The van der Waals surface area contributed by atoms with Gasteiger partial charge in [-0.2, -0.15) is 0 Å². The van der Waals surface area contributed by atoms with Gasteiger partial charge in [-0.15, -0.1) is 0 Å². The van der Waals surface area contributed by atoms with E-state index in [9.17, 15) is 51.2 Å². The van der Waals surface area contributed by atoms with E-state index in [1.165, 1.54) is 25.2 Å². The van der Waals surface area contributed by atoms with Crippen LogP contribution < -0.4 is 0 Å². The van der Waals surface area contributed by atoms with Crippen LogP contribution >= 0.6 is 0 Å². The average Bonchev–Trinajstić information content (AvgIpc) is 3.29. The van der Waals surface area contributed by atoms with Gasteiger partial charge in [-0.05, 0) is 98.0 Å². The molecule has 0 aromatic rings. The van der Waals surface area contributed by atoms with Gasteiger partial charge in [-0.1, -0.05) is 182 Å². The van der Waals surface area contributed by atoms with Gasteiger partial charge in [0, 0.05) is 70.0 Å². The summed E-state index contributed by atoms with van der Waals surface area (Å²) in [7, 11) is 0.884. The van der Waals surface area contributed by atoms with Crippen molar-refractivity contribution >= 4 is 56.1 Å². The molecule has 0 N–H and O–H groups in total. The van der Waals surface area contributed by atoms with Gasteiger partial charge in [0.2, 0.25) is 5.78 Å². The second kappa shape index (κ2) is 42.6. The molecule has 0 aliphatic carbocycles. The summed E-state index contributed by atoms with van der Waals surface area (Å²) in [5.41, 5.74) is -2.03. The standard InChI is InChI=1S/C11H19NO2.C10H19NO.C9H14O2.C8H14O.C8H12O.C7H11FO.C7H12O.C6H12O2S/c1-10(2)11(13)4-3-5-12-6-8-14-9-7-12;1-10(2,3)9(12)7-6-8-11(4)5;1-7(10)5-6-8(11)9(2,3)4;2*1-5-6-7(9)8(2,3)4;1-5(8)6(9)7(2,3)4;1-5-6(8)7(2,3)4;1-5-9(7,8)6(2,3)4/h3-4,10H,5-9H2,1-2H3;6-7H,8H2,1-5H3;5-6H,1-4H3;5-6H,1-4H3;1-4H3;1H2,2-4H3;5H,1H2,2-4H3;5H,1H2,2-4H3/b4-3+;7-6+;2*6-5+;;;;. The molecule has 13 nitrogen and oxygen atoms in total. The molecule has 466 valence electrons. The second-order valence-corrected chi connectivity index (χ2v) is 29.1. The predicted molar refractivity (Wildman–Crippen MR) is 338 cm³/mol. The molecule has 81 heavy (non-hydrogen) atoms. The Hall–Kier alpha value is -5.14. The van der Waals surface area contributed by atoms with Gasteiger partial charge < -0.3 is 9.64 Å². The number of sulfone groups is 1. The zero-order valence-electron chi connectivity index (χ0n) is 55.9. The van der Waals surface area contributed by atoms with Gasteiger partial charge in [-0.3, -0.25) is 43.3 Å². The van der Waals surface area contributed by atoms with Crippen molar-refractivity contribution < 1.29 is 55.9 Å². The highest BCUT2D eigenvalue weighted by molar-refractivity contribution is 7.95. The van der Waals surface area contributed by atoms with Crippen molar-refractivity contribution in [3.8, 4) is 11.8 Å². The lowest BCUT2D eigenvalue weighted by molar-refractivity contribution is -0.124. The number of ether oxygens (including phenoxy) is 1. The number of hydrogen-bond donors (Lipinski definition) is 0. The molecular weight excluding hydrogens is 1050 g/mol. The van der Waals surface area contributed by atoms with Crippen LogP contribution in [0.25, 0.3) is 0 Å². The molecule has 15 heteroatoms. The number of carbonyl (C=O) groups excluding carboxylic acids is 8. The molecule has 1 fully saturated rings. The number of ketones is 8. The van der Waals surface area contributed by atoms with Crippen LogP contribution in [0.5, 0.6) is 0 Å². The van der Waals surface area contributed by atoms with E-state index < -0.39 is 31.6 Å². The Labute approximate surface area is 493 Å². The van der Waals surface area contributed by atoms with Crippen molar-refractivity contribution in [2.75, 3.05) is 53.5 Å². The lowest BCUT2D eigenvalue weighted by Crippen LogP contribution is -2.36. The second-order valence-electron chi connectivity index (χ2n) is 26.4. The third kappa shape index (κ3) is 56.5. The van der Waals surface area contributed by atoms with E-state index in [2.05, 4.69) is 36.5 Å². The lowest BCUT2D eigenvalue weighted by atomic mass is 9.90. The molecule has 1 heterocycles. The first-order valence-corrected chi connectivity index (χ1v) is 28.7. The van der Waals surface area contributed by atoms with E-state index in [-0.39, 0.29) is 73.5 Å². The van der Waals surface area contributed by atoms with Crippen LogP contribution in [0, 0.1) is 50.2 Å². The van der Waals surface area contributed by atoms with Crippen LogP contribution in [-0.4, -0.2) is 123 Å². The monoisotopic (exact) mass is 1160 g/mol. The predicted octanol–water partition coefficient (Wildman–Crippen LogP) is 13.6. The zero-order chi connectivity index (χ0) is 66.4. The van der Waals surface area contributed by atoms with Crippen LogP contribution in [0.2, 0.25) is 0 Å². The minimum atomic E-state index is -3.07. The van der Waals surface area contributed by atoms with Gasteiger partial charge in [-0.25, -0.2) is 12.8 Å². The molecule has 0 amide bonds. The summed E-state index contributed by atoms with van der Waals surface area (Å²) in [6.07, 6.45) is 14.6. The smallest absolute Gasteiger partial charge is 0.210 e. The van der Waals surface area contributed by atoms with E-state index in [0.29, 0.717) is 0 Å². The zero-order valence-corrected chi connectivity index (χ0v) is 56.7. The molecule has 0 unspecified atom stereocenters. The molecule has 0 bridgehead atoms. The summed E-state index contributed by atoms with van der Waals surface area (Å²) in [6.45, 7) is 61.6. The van der Waals surface area contributed by atoms with Gasteiger partial charge in [0.1, 0.15) is 0 Å². The number of allylic oxidation sites excluding steroid dienone is 8. The van der Waals surface area contributed by atoms with Crippen LogP contribution in [0.15, 0.2) is 85.7 Å². The molecule has 1 aliphatic rings. The summed E-state index contributed by atoms with van der Waals surface area (Å²) >= 11 is 0. The van der Waals surface area contributed by atoms with Gasteiger partial charge >= 0.3 is 0 Å². The SMILES string of the molecule is C/C=C/C(=O)C(C)(C)C.C=C(F)C(=O)C(C)(C)C.C=CC(=O)C(C)(C)C.C=CS(=O)(=O)C(C)(C)C.CC#CC(=O)C(C)(C)C.CC(=O)/C=C/C(=O)C(C)(C)C.CC(C)C(=O)/C=C/CN1CCOCC1.CN(C)C/C=C/C(=O)C(C)(C)C. The Balaban J connectivity index is -0.000000156. The number of Topliss-reactive ketones (excluding diaryl/α,β-unsaturated/α-hetero) is 2. The number of carbonyl (C=O) groups is 8. The number of hydrogen-bond acceptors (Lipinski definition) is 13. The van der Waals surface area contributed by atoms with Crippen molar-refractivity contribution in [3.63, 3.8) is 0 Å². The molecule has 1 rings (SSSR count). The minimum absolute atomic E-state index is 0.00463. The van der Waals surface area contributed by atoms with Crippen LogP contribution in [-0.2, 0) is 52.9 Å². The molecule has 0 radical (unpaired) electrons. The van der Waals surface area contributed by atoms with E-state index in [1.54, 1.807) is 72.8 Å². The Morgan fingerprint density at radius 2 is 1.01 bits per heavy atom. The van der Waals surface area contributed by atoms with E-state index >= 15 is 0 Å². The number of morpholine rings is 1. The quantitative estimate of drug-likeness (QED) is 0.0964. The van der Waals surface area contributed by atoms with Crippen molar-refractivity contribution in [2.45, 2.75) is 185 Å². The van der Waals surface area contributed by atoms with E-state index in [0.717, 1.165) is 44.8 Å². The Kier molecular flexibility index (Phi) is 47.2. The first kappa shape index (κ1) is 89.7. The van der Waals surface area contributed by atoms with Gasteiger partial charge in [0.15, 0.2) is 56.1 Å². The van der Waals surface area contributed by atoms with Crippen LogP contribution in [0.3, 0.4) is 0 Å². The highest BCUT2D eigenvalue weighted by Gasteiger charge is 2.26. The topological polar surface area (TPSA) is 186 Å². The highest BCUT2D eigenvalue weighted by atomic mass is 32.2. The Bertz CT molecular complexity index is 2280. The first-order chi connectivity index (χ1) is 36.0. The molecule has 0 aromatic heterocycles. The van der Waals surface area contributed by atoms with Crippen LogP contribution in [0.1, 0.15) is 180 Å². The minimum Gasteiger partial charge on any atom is -0.379 e. The van der Waals surface area contributed by atoms with Crippen molar-refractivity contribution in [1.29, 1.82) is 0 Å². The number of nitrogens with zero attached hydrogens (tertiary/aromatic N) is 2. The third-order valence-electron chi connectivity index (χ3n) is 9.91. The van der Waals surface area contributed by atoms with Crippen molar-refractivity contribution in [2.24, 2.45) is 38.4 Å². The molecular formula is C66H113FN2O11S. The van der Waals surface area contributed by atoms with Gasteiger partial charge in [0.25, 0.3) is 0 Å². The fourth-order valence-corrected chi connectivity index (χ4v) is 4.52. The summed E-state index contributed by atoms with van der Waals surface area (Å²) in [6, 6.07) is 0. The molecule has 1 saturated heterocycles. The summed E-state index contributed by atoms with van der Waals surface area (Å²) in [5.74, 6) is 4.35. The molecule has 0 aromatic carbocycles. The maximum atomic E-state index is 12.0. The first-order valence-electron chi connectivity index (χ1n) is 27.2. The Morgan fingerprint density at radius 3 is 1.22 bits per heavy atom. The van der Waals surface area contributed by atoms with Crippen LogP contribution in [0.4, 0.5) is 4.39 Å². The maximum Gasteiger partial charge on any atom is 0.210 e. The highest BCUT2D eigenvalue weighted by Crippen LogP contribution is 2.20. The molecule has 0 spiro atoms. The third-order valence-corrected chi connectivity index (χ3v) is 12.1. The molecule has 0 atom stereocenters. The fourth-order valence-electron chi connectivity index (χ4n) is 4.02. The van der Waals surface area contributed by atoms with E-state index in [1.807, 2.05) is 156 Å². The largest absolute Gasteiger partial charge is 0.379 e. The summed E-state index contributed by atoms with van der Waals surface area (Å²) < 4.78 is 38.4. The maximum absolute atomic E-state index is 12.0. The average molecular weight is 1160 g/mol. The lowest BCUT2D eigenvalue weighted by Gasteiger charge is -2.25. The number of likely N-dealkylation sites (N-methyl/N-ethyl adjacent to an activating group) is 1. The summed E-state index contributed by atoms with van der Waals surface area (Å²) in [4.78, 5) is 91.7.